The minimum atomic E-state index is 0. The predicted octanol–water partition coefficient (Wildman–Crippen LogP) is 2.76. The van der Waals surface area contributed by atoms with Crippen molar-refractivity contribution in [3.05, 3.63) is 35.4 Å². The highest BCUT2D eigenvalue weighted by molar-refractivity contribution is 5.85. The Morgan fingerprint density at radius 1 is 1.28 bits per heavy atom. The van der Waals surface area contributed by atoms with E-state index < -0.39 is 0 Å². The van der Waals surface area contributed by atoms with Crippen molar-refractivity contribution in [2.24, 2.45) is 11.7 Å². The molecule has 1 aliphatic carbocycles. The van der Waals surface area contributed by atoms with Gasteiger partial charge in [0, 0.05) is 25.7 Å². The minimum absolute atomic E-state index is 0. The van der Waals surface area contributed by atoms with Crippen molar-refractivity contribution in [1.29, 1.82) is 0 Å². The van der Waals surface area contributed by atoms with Gasteiger partial charge in [0.2, 0.25) is 0 Å². The Hall–Kier alpha value is -0.570. The summed E-state index contributed by atoms with van der Waals surface area (Å²) in [5.74, 6) is 1.50. The zero-order valence-electron chi connectivity index (χ0n) is 11.0. The van der Waals surface area contributed by atoms with Crippen LogP contribution in [0.4, 0.5) is 0 Å². The summed E-state index contributed by atoms with van der Waals surface area (Å²) in [4.78, 5) is 2.49. The van der Waals surface area contributed by atoms with E-state index in [2.05, 4.69) is 36.1 Å². The summed E-state index contributed by atoms with van der Waals surface area (Å²) in [5, 5.41) is 0. The summed E-state index contributed by atoms with van der Waals surface area (Å²) in [5.41, 5.74) is 9.06. The Morgan fingerprint density at radius 3 is 2.67 bits per heavy atom. The first-order valence-electron chi connectivity index (χ1n) is 6.79. The number of benzene rings is 1. The SMILES string of the molecule is CC1CN(Cc2cccc(C3CC3)c2)CC1N.Cl. The molecule has 2 N–H and O–H groups in total. The predicted molar refractivity (Wildman–Crippen MR) is 78.1 cm³/mol. The van der Waals surface area contributed by atoms with Crippen LogP contribution < -0.4 is 5.73 Å². The van der Waals surface area contributed by atoms with Crippen LogP contribution in [-0.4, -0.2) is 24.0 Å². The molecule has 2 unspecified atom stereocenters. The molecule has 3 rings (SSSR count). The third kappa shape index (κ3) is 3.05. The van der Waals surface area contributed by atoms with Gasteiger partial charge in [-0.15, -0.1) is 12.4 Å². The van der Waals surface area contributed by atoms with Crippen LogP contribution >= 0.6 is 12.4 Å². The van der Waals surface area contributed by atoms with Crippen LogP contribution in [0.2, 0.25) is 0 Å². The summed E-state index contributed by atoms with van der Waals surface area (Å²) >= 11 is 0. The molecule has 2 atom stereocenters. The fourth-order valence-corrected chi connectivity index (χ4v) is 2.84. The van der Waals surface area contributed by atoms with Crippen molar-refractivity contribution in [3.63, 3.8) is 0 Å². The van der Waals surface area contributed by atoms with Gasteiger partial charge in [-0.3, -0.25) is 4.90 Å². The van der Waals surface area contributed by atoms with Gasteiger partial charge in [0.1, 0.15) is 0 Å². The molecule has 0 aromatic heterocycles. The number of hydrogen-bond donors (Lipinski definition) is 1. The fourth-order valence-electron chi connectivity index (χ4n) is 2.84. The molecule has 0 spiro atoms. The van der Waals surface area contributed by atoms with Crippen molar-refractivity contribution in [2.75, 3.05) is 13.1 Å². The van der Waals surface area contributed by atoms with E-state index in [9.17, 15) is 0 Å². The third-order valence-corrected chi connectivity index (χ3v) is 4.15. The van der Waals surface area contributed by atoms with E-state index in [0.717, 1.165) is 25.6 Å². The lowest BCUT2D eigenvalue weighted by atomic mass is 10.1. The summed E-state index contributed by atoms with van der Waals surface area (Å²) < 4.78 is 0. The molecule has 100 valence electrons. The molecule has 0 radical (unpaired) electrons. The van der Waals surface area contributed by atoms with Crippen LogP contribution in [-0.2, 0) is 6.54 Å². The van der Waals surface area contributed by atoms with Crippen molar-refractivity contribution in [1.82, 2.24) is 4.90 Å². The van der Waals surface area contributed by atoms with E-state index in [1.807, 2.05) is 0 Å². The smallest absolute Gasteiger partial charge is 0.0234 e. The average Bonchev–Trinajstić information content (AvgIpc) is 3.08. The lowest BCUT2D eigenvalue weighted by Crippen LogP contribution is -2.28. The first kappa shape index (κ1) is 13.9. The van der Waals surface area contributed by atoms with E-state index in [4.69, 9.17) is 5.73 Å². The summed E-state index contributed by atoms with van der Waals surface area (Å²) in [7, 11) is 0. The number of halogens is 1. The Balaban J connectivity index is 0.00000120. The standard InChI is InChI=1S/C15H22N2.ClH/c1-11-8-17(10-15(11)16)9-12-3-2-4-14(7-12)13-5-6-13;/h2-4,7,11,13,15H,5-6,8-10,16H2,1H3;1H. The second-order valence-corrected chi connectivity index (χ2v) is 5.85. The molecule has 1 aromatic rings. The summed E-state index contributed by atoms with van der Waals surface area (Å²) in [6, 6.07) is 9.50. The normalized spacial score (nSPS) is 28.1. The Kier molecular flexibility index (Phi) is 4.31. The minimum Gasteiger partial charge on any atom is -0.326 e. The number of likely N-dealkylation sites (tertiary alicyclic amines) is 1. The highest BCUT2D eigenvalue weighted by Gasteiger charge is 2.27. The lowest BCUT2D eigenvalue weighted by Gasteiger charge is -2.15. The number of nitrogens with two attached hydrogens (primary N) is 1. The first-order valence-corrected chi connectivity index (χ1v) is 6.79. The fraction of sp³-hybridized carbons (Fsp3) is 0.600. The van der Waals surface area contributed by atoms with Gasteiger partial charge < -0.3 is 5.73 Å². The molecule has 2 nitrogen and oxygen atoms in total. The second-order valence-electron chi connectivity index (χ2n) is 5.85. The number of rotatable bonds is 3. The van der Waals surface area contributed by atoms with Crippen molar-refractivity contribution >= 4 is 12.4 Å². The zero-order valence-corrected chi connectivity index (χ0v) is 11.8. The number of nitrogens with zero attached hydrogens (tertiary/aromatic N) is 1. The molecule has 1 aromatic carbocycles. The van der Waals surface area contributed by atoms with Crippen LogP contribution in [0.25, 0.3) is 0 Å². The van der Waals surface area contributed by atoms with Crippen LogP contribution in [0.1, 0.15) is 36.8 Å². The molecule has 2 fully saturated rings. The number of hydrogen-bond acceptors (Lipinski definition) is 2. The molecule has 1 aliphatic heterocycles. The highest BCUT2D eigenvalue weighted by Crippen LogP contribution is 2.40. The molecular formula is C15H23ClN2. The molecule has 0 bridgehead atoms. The Morgan fingerprint density at radius 2 is 2.06 bits per heavy atom. The van der Waals surface area contributed by atoms with Crippen molar-refractivity contribution in [3.8, 4) is 0 Å². The molecule has 3 heteroatoms. The van der Waals surface area contributed by atoms with E-state index in [-0.39, 0.29) is 12.4 Å². The van der Waals surface area contributed by atoms with E-state index >= 15 is 0 Å². The van der Waals surface area contributed by atoms with Gasteiger partial charge in [-0.25, -0.2) is 0 Å². The van der Waals surface area contributed by atoms with Crippen LogP contribution in [0, 0.1) is 5.92 Å². The van der Waals surface area contributed by atoms with Gasteiger partial charge in [0.15, 0.2) is 0 Å². The van der Waals surface area contributed by atoms with Crippen molar-refractivity contribution in [2.45, 2.75) is 38.3 Å². The van der Waals surface area contributed by atoms with Gasteiger partial charge in [-0.1, -0.05) is 31.2 Å². The van der Waals surface area contributed by atoms with E-state index in [0.29, 0.717) is 12.0 Å². The molecular weight excluding hydrogens is 244 g/mol. The molecule has 2 aliphatic rings. The van der Waals surface area contributed by atoms with Crippen LogP contribution in [0.15, 0.2) is 24.3 Å². The maximum absolute atomic E-state index is 6.07. The van der Waals surface area contributed by atoms with E-state index in [1.54, 1.807) is 5.56 Å². The van der Waals surface area contributed by atoms with Crippen LogP contribution in [0.3, 0.4) is 0 Å². The van der Waals surface area contributed by atoms with Gasteiger partial charge in [-0.05, 0) is 35.8 Å². The molecule has 1 heterocycles. The van der Waals surface area contributed by atoms with Crippen LogP contribution in [0.5, 0.6) is 0 Å². The van der Waals surface area contributed by atoms with E-state index in [1.165, 1.54) is 18.4 Å². The maximum Gasteiger partial charge on any atom is 0.0234 e. The molecule has 1 saturated carbocycles. The summed E-state index contributed by atoms with van der Waals surface area (Å²) in [6.45, 7) is 5.52. The average molecular weight is 267 g/mol. The third-order valence-electron chi connectivity index (χ3n) is 4.15. The van der Waals surface area contributed by atoms with Crippen molar-refractivity contribution < 1.29 is 0 Å². The topological polar surface area (TPSA) is 29.3 Å². The maximum atomic E-state index is 6.07. The highest BCUT2D eigenvalue weighted by atomic mass is 35.5. The molecule has 1 saturated heterocycles. The summed E-state index contributed by atoms with van der Waals surface area (Å²) in [6.07, 6.45) is 2.77. The van der Waals surface area contributed by atoms with Gasteiger partial charge in [0.05, 0.1) is 0 Å². The lowest BCUT2D eigenvalue weighted by molar-refractivity contribution is 0.319. The zero-order chi connectivity index (χ0) is 11.8. The van der Waals surface area contributed by atoms with Gasteiger partial charge in [0.25, 0.3) is 0 Å². The van der Waals surface area contributed by atoms with Gasteiger partial charge in [-0.2, -0.15) is 0 Å². The Labute approximate surface area is 116 Å². The monoisotopic (exact) mass is 266 g/mol. The second kappa shape index (κ2) is 5.60. The van der Waals surface area contributed by atoms with Gasteiger partial charge >= 0.3 is 0 Å². The quantitative estimate of drug-likeness (QED) is 0.912. The molecule has 18 heavy (non-hydrogen) atoms. The molecule has 0 amide bonds. The first-order chi connectivity index (χ1) is 8.22. The Bertz CT molecular complexity index is 393. The largest absolute Gasteiger partial charge is 0.326 e.